The number of rotatable bonds is 7. The average molecular weight is 344 g/mol. The zero-order valence-corrected chi connectivity index (χ0v) is 15.3. The molecule has 0 aliphatic rings. The van der Waals surface area contributed by atoms with Crippen LogP contribution in [-0.2, 0) is 22.6 Å². The minimum atomic E-state index is -0.413. The molecule has 0 amide bonds. The first kappa shape index (κ1) is 19.0. The summed E-state index contributed by atoms with van der Waals surface area (Å²) < 4.78 is 24.8. The van der Waals surface area contributed by atoms with Gasteiger partial charge in [-0.1, -0.05) is 23.8 Å². The summed E-state index contributed by atoms with van der Waals surface area (Å²) in [6, 6.07) is 9.02. The molecule has 0 bridgehead atoms. The summed E-state index contributed by atoms with van der Waals surface area (Å²) in [6.45, 7) is 8.58. The van der Waals surface area contributed by atoms with Gasteiger partial charge in [-0.25, -0.2) is 4.39 Å². The van der Waals surface area contributed by atoms with Crippen molar-refractivity contribution in [3.05, 3.63) is 64.0 Å². The van der Waals surface area contributed by atoms with E-state index in [-0.39, 0.29) is 18.1 Å². The average Bonchev–Trinajstić information content (AvgIpc) is 2.53. The molecule has 0 heterocycles. The van der Waals surface area contributed by atoms with Crippen molar-refractivity contribution >= 4 is 5.97 Å². The van der Waals surface area contributed by atoms with Crippen molar-refractivity contribution in [3.8, 4) is 5.75 Å². The van der Waals surface area contributed by atoms with Gasteiger partial charge in [0.1, 0.15) is 6.61 Å². The Morgan fingerprint density at radius 3 is 2.36 bits per heavy atom. The summed E-state index contributed by atoms with van der Waals surface area (Å²) in [5.41, 5.74) is 5.32. The summed E-state index contributed by atoms with van der Waals surface area (Å²) in [5, 5.41) is 0. The summed E-state index contributed by atoms with van der Waals surface area (Å²) in [5.74, 6) is -0.461. The van der Waals surface area contributed by atoms with Crippen LogP contribution in [0.25, 0.3) is 0 Å². The molecule has 0 saturated carbocycles. The van der Waals surface area contributed by atoms with Gasteiger partial charge in [-0.3, -0.25) is 4.79 Å². The van der Waals surface area contributed by atoms with E-state index in [9.17, 15) is 9.18 Å². The largest absolute Gasteiger partial charge is 0.486 e. The van der Waals surface area contributed by atoms with Crippen molar-refractivity contribution in [2.45, 2.75) is 47.1 Å². The first-order valence-electron chi connectivity index (χ1n) is 8.54. The molecule has 0 spiro atoms. The highest BCUT2D eigenvalue weighted by molar-refractivity contribution is 5.69. The third kappa shape index (κ3) is 5.31. The lowest BCUT2D eigenvalue weighted by Crippen LogP contribution is -2.06. The molecule has 0 aliphatic heterocycles. The molecule has 3 nitrogen and oxygen atoms in total. The van der Waals surface area contributed by atoms with Crippen LogP contribution in [0.3, 0.4) is 0 Å². The van der Waals surface area contributed by atoms with E-state index in [4.69, 9.17) is 9.47 Å². The molecule has 0 aromatic heterocycles. The lowest BCUT2D eigenvalue weighted by atomic mass is 10.0. The second kappa shape index (κ2) is 8.65. The second-order valence-electron chi connectivity index (χ2n) is 6.24. The molecule has 2 aromatic rings. The topological polar surface area (TPSA) is 35.5 Å². The maximum atomic E-state index is 14.2. The lowest BCUT2D eigenvalue weighted by molar-refractivity contribution is -0.143. The fourth-order valence-electron chi connectivity index (χ4n) is 2.88. The van der Waals surface area contributed by atoms with Crippen LogP contribution in [0.15, 0.2) is 30.3 Å². The minimum Gasteiger partial charge on any atom is -0.486 e. The first-order valence-corrected chi connectivity index (χ1v) is 8.54. The summed E-state index contributed by atoms with van der Waals surface area (Å²) in [7, 11) is 0. The van der Waals surface area contributed by atoms with Gasteiger partial charge in [-0.05, 0) is 68.5 Å². The van der Waals surface area contributed by atoms with E-state index in [1.54, 1.807) is 19.1 Å². The van der Waals surface area contributed by atoms with Gasteiger partial charge < -0.3 is 9.47 Å². The van der Waals surface area contributed by atoms with Crippen LogP contribution >= 0.6 is 0 Å². The molecule has 2 rings (SSSR count). The number of ether oxygens (including phenoxy) is 2. The normalized spacial score (nSPS) is 10.6. The van der Waals surface area contributed by atoms with E-state index in [1.807, 2.05) is 13.8 Å². The molecule has 0 atom stereocenters. The molecule has 134 valence electrons. The minimum absolute atomic E-state index is 0.222. The summed E-state index contributed by atoms with van der Waals surface area (Å²) in [4.78, 5) is 11.4. The van der Waals surface area contributed by atoms with Crippen LogP contribution in [0.2, 0.25) is 0 Å². The van der Waals surface area contributed by atoms with Crippen LogP contribution in [0.5, 0.6) is 5.75 Å². The van der Waals surface area contributed by atoms with Crippen molar-refractivity contribution in [2.75, 3.05) is 6.61 Å². The monoisotopic (exact) mass is 344 g/mol. The first-order chi connectivity index (χ1) is 11.9. The number of hydrogen-bond acceptors (Lipinski definition) is 3. The Morgan fingerprint density at radius 2 is 1.76 bits per heavy atom. The molecule has 4 heteroatoms. The number of halogens is 1. The van der Waals surface area contributed by atoms with Crippen molar-refractivity contribution in [1.29, 1.82) is 0 Å². The highest BCUT2D eigenvalue weighted by Gasteiger charge is 2.10. The van der Waals surface area contributed by atoms with Crippen molar-refractivity contribution in [3.63, 3.8) is 0 Å². The number of aryl methyl sites for hydroxylation is 4. The van der Waals surface area contributed by atoms with Gasteiger partial charge >= 0.3 is 5.97 Å². The fraction of sp³-hybridized carbons (Fsp3) is 0.381. The highest BCUT2D eigenvalue weighted by atomic mass is 19.1. The van der Waals surface area contributed by atoms with E-state index in [1.165, 1.54) is 11.6 Å². The Kier molecular flexibility index (Phi) is 6.57. The van der Waals surface area contributed by atoms with Crippen LogP contribution in [0, 0.1) is 26.6 Å². The molecule has 0 aliphatic carbocycles. The van der Waals surface area contributed by atoms with Gasteiger partial charge in [-0.2, -0.15) is 0 Å². The van der Waals surface area contributed by atoms with Gasteiger partial charge in [0.25, 0.3) is 0 Å². The molecule has 0 radical (unpaired) electrons. The van der Waals surface area contributed by atoms with Gasteiger partial charge in [0.05, 0.1) is 6.61 Å². The molecule has 0 fully saturated rings. The predicted octanol–water partition coefficient (Wildman–Crippen LogP) is 4.83. The van der Waals surface area contributed by atoms with Crippen molar-refractivity contribution < 1.29 is 18.7 Å². The third-order valence-corrected chi connectivity index (χ3v) is 4.13. The summed E-state index contributed by atoms with van der Waals surface area (Å²) in [6.07, 6.45) is 0.696. The van der Waals surface area contributed by atoms with Gasteiger partial charge in [0.2, 0.25) is 0 Å². The third-order valence-electron chi connectivity index (χ3n) is 4.13. The fourth-order valence-corrected chi connectivity index (χ4v) is 2.88. The number of carbonyl (C=O) groups excluding carboxylic acids is 1. The Labute approximate surface area is 148 Å². The van der Waals surface area contributed by atoms with Crippen LogP contribution < -0.4 is 4.74 Å². The second-order valence-corrected chi connectivity index (χ2v) is 6.24. The van der Waals surface area contributed by atoms with E-state index in [0.717, 1.165) is 22.3 Å². The quantitative estimate of drug-likeness (QED) is 0.675. The zero-order valence-electron chi connectivity index (χ0n) is 15.3. The van der Waals surface area contributed by atoms with E-state index >= 15 is 0 Å². The van der Waals surface area contributed by atoms with Gasteiger partial charge in [0, 0.05) is 6.42 Å². The van der Waals surface area contributed by atoms with Crippen LogP contribution in [0.4, 0.5) is 4.39 Å². The van der Waals surface area contributed by atoms with Gasteiger partial charge in [-0.15, -0.1) is 0 Å². The molecular weight excluding hydrogens is 319 g/mol. The van der Waals surface area contributed by atoms with Crippen molar-refractivity contribution in [1.82, 2.24) is 0 Å². The Hall–Kier alpha value is -2.36. The molecule has 25 heavy (non-hydrogen) atoms. The number of hydrogen-bond donors (Lipinski definition) is 0. The number of benzene rings is 2. The number of esters is 1. The van der Waals surface area contributed by atoms with E-state index < -0.39 is 5.82 Å². The van der Waals surface area contributed by atoms with Crippen LogP contribution in [-0.4, -0.2) is 12.6 Å². The molecule has 0 N–H and O–H groups in total. The maximum absolute atomic E-state index is 14.2. The SMILES string of the molecule is CCOC(=O)CCc1ccc(OCc2c(C)cc(C)cc2C)c(F)c1. The van der Waals surface area contributed by atoms with E-state index in [0.29, 0.717) is 19.6 Å². The molecule has 0 unspecified atom stereocenters. The maximum Gasteiger partial charge on any atom is 0.306 e. The standard InChI is InChI=1S/C21H25FO3/c1-5-24-21(23)9-7-17-6-8-20(19(22)12-17)25-13-18-15(3)10-14(2)11-16(18)4/h6,8,10-12H,5,7,9,13H2,1-4H3. The highest BCUT2D eigenvalue weighted by Crippen LogP contribution is 2.23. The molecule has 0 saturated heterocycles. The Morgan fingerprint density at radius 1 is 1.08 bits per heavy atom. The molecular formula is C21H25FO3. The number of carbonyl (C=O) groups is 1. The molecule has 2 aromatic carbocycles. The zero-order chi connectivity index (χ0) is 18.4. The van der Waals surface area contributed by atoms with Crippen molar-refractivity contribution in [2.24, 2.45) is 0 Å². The smallest absolute Gasteiger partial charge is 0.306 e. The summed E-state index contributed by atoms with van der Waals surface area (Å²) >= 11 is 0. The predicted molar refractivity (Wildman–Crippen MR) is 96.3 cm³/mol. The lowest BCUT2D eigenvalue weighted by Gasteiger charge is -2.13. The van der Waals surface area contributed by atoms with E-state index in [2.05, 4.69) is 19.1 Å². The van der Waals surface area contributed by atoms with Crippen LogP contribution in [0.1, 0.15) is 41.2 Å². The Balaban J connectivity index is 2.01. The van der Waals surface area contributed by atoms with Gasteiger partial charge in [0.15, 0.2) is 11.6 Å². The Bertz CT molecular complexity index is 730.